The summed E-state index contributed by atoms with van der Waals surface area (Å²) in [6, 6.07) is -0.834. The molecule has 0 bridgehead atoms. The van der Waals surface area contributed by atoms with Gasteiger partial charge >= 0.3 is 5.97 Å². The Bertz CT molecular complexity index is 1680. The SMILES string of the molecule is CC/C=C/CC/C=C/CC/C=C/C(O)C(COC1OC(CO)C(O)C(O)C1O)NC(=O)CCCCCCCCCCCCCCCCCCC/C=C\C/C=C\CCCCCCCCCCCOC(=O)CCCCCCC/C=C\CCCCCCCCC. The molecule has 1 heterocycles. The first-order valence-corrected chi connectivity index (χ1v) is 36.7. The number of rotatable bonds is 64. The number of carbonyl (C=O) groups excluding carboxylic acids is 2. The third-order valence-electron chi connectivity index (χ3n) is 17.0. The van der Waals surface area contributed by atoms with Crippen LogP contribution in [0.4, 0.5) is 0 Å². The van der Waals surface area contributed by atoms with Gasteiger partial charge in [-0.25, -0.2) is 0 Å². The molecule has 11 nitrogen and oxygen atoms in total. The summed E-state index contributed by atoms with van der Waals surface area (Å²) in [4.78, 5) is 25.1. The number of aliphatic hydroxyl groups excluding tert-OH is 5. The number of nitrogens with one attached hydrogen (secondary N) is 1. The Morgan fingerprint density at radius 1 is 0.437 bits per heavy atom. The second-order valence-corrected chi connectivity index (χ2v) is 25.2. The molecule has 1 aliphatic rings. The molecule has 11 heteroatoms. The molecule has 7 atom stereocenters. The Labute approximate surface area is 534 Å². The number of hydrogen-bond acceptors (Lipinski definition) is 10. The van der Waals surface area contributed by atoms with Crippen LogP contribution in [0.1, 0.15) is 335 Å². The Morgan fingerprint density at radius 2 is 0.816 bits per heavy atom. The molecule has 0 radical (unpaired) electrons. The molecule has 6 N–H and O–H groups in total. The minimum absolute atomic E-state index is 0.00115. The van der Waals surface area contributed by atoms with Crippen LogP contribution in [0.3, 0.4) is 0 Å². The average molecular weight is 1220 g/mol. The summed E-state index contributed by atoms with van der Waals surface area (Å²) in [5.41, 5.74) is 0. The quantitative estimate of drug-likeness (QED) is 0.0195. The fraction of sp³-hybridized carbons (Fsp3) is 0.816. The normalized spacial score (nSPS) is 18.3. The lowest BCUT2D eigenvalue weighted by molar-refractivity contribution is -0.302. The monoisotopic (exact) mass is 1220 g/mol. The summed E-state index contributed by atoms with van der Waals surface area (Å²) in [6.07, 6.45) is 77.9. The second kappa shape index (κ2) is 64.6. The average Bonchev–Trinajstić information content (AvgIpc) is 1.91. The van der Waals surface area contributed by atoms with Crippen molar-refractivity contribution < 1.29 is 49.3 Å². The van der Waals surface area contributed by atoms with Gasteiger partial charge < -0.3 is 45.1 Å². The van der Waals surface area contributed by atoms with Crippen LogP contribution in [0, 0.1) is 0 Å². The summed E-state index contributed by atoms with van der Waals surface area (Å²) in [5, 5.41) is 54.3. The third kappa shape index (κ3) is 53.5. The Balaban J connectivity index is 1.92. The van der Waals surface area contributed by atoms with E-state index < -0.39 is 49.5 Å². The standard InChI is InChI=1S/C76H137NO10/c1-3-5-7-9-11-13-15-16-17-38-41-44-48-52-56-60-64-72(81)85-65-61-57-53-49-45-42-39-36-34-32-30-28-26-24-22-20-18-19-21-23-25-27-29-31-33-35-37-40-43-47-51-55-59-63-71(80)77-68(67-86-76-75(84)74(83)73(82)70(66-78)87-76)69(79)62-58-54-50-46-14-12-10-8-6-4-2/h6,8,14,17,22,24,28,30,38,46,58,62,68-70,73-76,78-79,82-84H,3-5,7,9-13,15-16,18-21,23,25-27,29,31-37,39-45,47-57,59-61,63-67H2,1-2H3,(H,77,80)/b8-6+,24-22-,30-28-,38-17-,46-14+,62-58+. The summed E-state index contributed by atoms with van der Waals surface area (Å²) in [5.74, 6) is -0.198. The van der Waals surface area contributed by atoms with Crippen LogP contribution in [-0.2, 0) is 23.8 Å². The maximum absolute atomic E-state index is 13.0. The minimum Gasteiger partial charge on any atom is -0.466 e. The van der Waals surface area contributed by atoms with E-state index in [1.54, 1.807) is 6.08 Å². The molecule has 0 spiro atoms. The predicted molar refractivity (Wildman–Crippen MR) is 366 cm³/mol. The number of unbranched alkanes of at least 4 members (excludes halogenated alkanes) is 40. The molecule has 1 aliphatic heterocycles. The summed E-state index contributed by atoms with van der Waals surface area (Å²) < 4.78 is 16.7. The zero-order chi connectivity index (χ0) is 63.0. The van der Waals surface area contributed by atoms with E-state index in [9.17, 15) is 35.1 Å². The molecule has 0 aliphatic carbocycles. The molecular formula is C76H137NO10. The smallest absolute Gasteiger partial charge is 0.305 e. The highest BCUT2D eigenvalue weighted by Gasteiger charge is 2.44. The van der Waals surface area contributed by atoms with Gasteiger partial charge in [0.15, 0.2) is 6.29 Å². The van der Waals surface area contributed by atoms with Gasteiger partial charge in [-0.05, 0) is 109 Å². The van der Waals surface area contributed by atoms with E-state index in [-0.39, 0.29) is 18.5 Å². The number of carbonyl (C=O) groups is 2. The van der Waals surface area contributed by atoms with Gasteiger partial charge in [0.05, 0.1) is 32.0 Å². The third-order valence-corrected chi connectivity index (χ3v) is 17.0. The van der Waals surface area contributed by atoms with Crippen molar-refractivity contribution >= 4 is 11.9 Å². The molecule has 7 unspecified atom stereocenters. The van der Waals surface area contributed by atoms with Crippen molar-refractivity contribution in [3.05, 3.63) is 72.9 Å². The lowest BCUT2D eigenvalue weighted by atomic mass is 9.99. The molecule has 1 fully saturated rings. The van der Waals surface area contributed by atoms with Crippen molar-refractivity contribution in [2.75, 3.05) is 19.8 Å². The number of amides is 1. The Hall–Kier alpha value is -2.90. The molecule has 0 aromatic heterocycles. The fourth-order valence-corrected chi connectivity index (χ4v) is 11.3. The Morgan fingerprint density at radius 3 is 1.26 bits per heavy atom. The maximum Gasteiger partial charge on any atom is 0.305 e. The van der Waals surface area contributed by atoms with Crippen LogP contribution < -0.4 is 5.32 Å². The van der Waals surface area contributed by atoms with E-state index in [0.717, 1.165) is 77.0 Å². The number of hydrogen-bond donors (Lipinski definition) is 6. The lowest BCUT2D eigenvalue weighted by Gasteiger charge is -2.40. The van der Waals surface area contributed by atoms with Gasteiger partial charge in [0.25, 0.3) is 0 Å². The van der Waals surface area contributed by atoms with Crippen molar-refractivity contribution in [1.29, 1.82) is 0 Å². The van der Waals surface area contributed by atoms with Crippen molar-refractivity contribution in [2.24, 2.45) is 0 Å². The molecule has 1 amide bonds. The molecule has 0 aromatic carbocycles. The molecule has 506 valence electrons. The van der Waals surface area contributed by atoms with Gasteiger partial charge in [-0.15, -0.1) is 0 Å². The van der Waals surface area contributed by atoms with E-state index in [1.807, 2.05) is 6.08 Å². The molecule has 1 rings (SSSR count). The first-order valence-electron chi connectivity index (χ1n) is 36.7. The predicted octanol–water partition coefficient (Wildman–Crippen LogP) is 19.1. The largest absolute Gasteiger partial charge is 0.466 e. The van der Waals surface area contributed by atoms with E-state index >= 15 is 0 Å². The summed E-state index contributed by atoms with van der Waals surface area (Å²) in [6.45, 7) is 4.21. The van der Waals surface area contributed by atoms with Crippen molar-refractivity contribution in [1.82, 2.24) is 5.32 Å². The number of aliphatic hydroxyl groups is 5. The van der Waals surface area contributed by atoms with Crippen LogP contribution in [0.25, 0.3) is 0 Å². The van der Waals surface area contributed by atoms with Crippen LogP contribution in [0.5, 0.6) is 0 Å². The van der Waals surface area contributed by atoms with Gasteiger partial charge in [0.2, 0.25) is 5.91 Å². The van der Waals surface area contributed by atoms with Crippen LogP contribution in [0.2, 0.25) is 0 Å². The molecule has 0 saturated carbocycles. The number of ether oxygens (including phenoxy) is 3. The molecule has 1 saturated heterocycles. The van der Waals surface area contributed by atoms with Crippen molar-refractivity contribution in [3.8, 4) is 0 Å². The Kier molecular flexibility index (Phi) is 61.0. The van der Waals surface area contributed by atoms with Crippen LogP contribution >= 0.6 is 0 Å². The van der Waals surface area contributed by atoms with Gasteiger partial charge in [-0.1, -0.05) is 286 Å². The van der Waals surface area contributed by atoms with E-state index in [0.29, 0.717) is 19.4 Å². The van der Waals surface area contributed by atoms with Crippen molar-refractivity contribution in [2.45, 2.75) is 378 Å². The molecule has 0 aromatic rings. The highest BCUT2D eigenvalue weighted by molar-refractivity contribution is 5.76. The summed E-state index contributed by atoms with van der Waals surface area (Å²) >= 11 is 0. The number of esters is 1. The van der Waals surface area contributed by atoms with Crippen molar-refractivity contribution in [3.63, 3.8) is 0 Å². The van der Waals surface area contributed by atoms with E-state index in [4.69, 9.17) is 14.2 Å². The minimum atomic E-state index is -1.58. The topological polar surface area (TPSA) is 175 Å². The van der Waals surface area contributed by atoms with Crippen LogP contribution in [0.15, 0.2) is 72.9 Å². The van der Waals surface area contributed by atoms with Gasteiger partial charge in [-0.2, -0.15) is 0 Å². The van der Waals surface area contributed by atoms with Crippen LogP contribution in [-0.4, -0.2) is 100 Å². The van der Waals surface area contributed by atoms with E-state index in [1.165, 1.54) is 231 Å². The fourth-order valence-electron chi connectivity index (χ4n) is 11.3. The number of allylic oxidation sites excluding steroid dienone is 11. The van der Waals surface area contributed by atoms with Gasteiger partial charge in [0.1, 0.15) is 24.4 Å². The first-order chi connectivity index (χ1) is 42.7. The van der Waals surface area contributed by atoms with E-state index in [2.05, 4.69) is 79.9 Å². The van der Waals surface area contributed by atoms with Gasteiger partial charge in [-0.3, -0.25) is 9.59 Å². The van der Waals surface area contributed by atoms with Gasteiger partial charge in [0, 0.05) is 12.8 Å². The summed E-state index contributed by atoms with van der Waals surface area (Å²) in [7, 11) is 0. The second-order valence-electron chi connectivity index (χ2n) is 25.2. The molecular weight excluding hydrogens is 1090 g/mol. The highest BCUT2D eigenvalue weighted by atomic mass is 16.7. The highest BCUT2D eigenvalue weighted by Crippen LogP contribution is 2.23. The zero-order valence-corrected chi connectivity index (χ0v) is 56.2. The first kappa shape index (κ1) is 82.1. The lowest BCUT2D eigenvalue weighted by Crippen LogP contribution is -2.60. The molecule has 87 heavy (non-hydrogen) atoms. The zero-order valence-electron chi connectivity index (χ0n) is 56.2. The maximum atomic E-state index is 13.0.